The van der Waals surface area contributed by atoms with E-state index in [9.17, 15) is 14.4 Å². The minimum Gasteiger partial charge on any atom is -0.480 e. The van der Waals surface area contributed by atoms with Crippen LogP contribution in [0.15, 0.2) is 60.8 Å². The number of aliphatic carboxylic acids is 1. The van der Waals surface area contributed by atoms with Gasteiger partial charge in [0.2, 0.25) is 5.91 Å². The Hall–Kier alpha value is -2.89. The summed E-state index contributed by atoms with van der Waals surface area (Å²) in [5, 5.41) is 11.1. The van der Waals surface area contributed by atoms with Gasteiger partial charge in [0, 0.05) is 12.8 Å². The van der Waals surface area contributed by atoms with Gasteiger partial charge < -0.3 is 15.2 Å². The third-order valence-electron chi connectivity index (χ3n) is 8.65. The number of esters is 1. The van der Waals surface area contributed by atoms with Crippen LogP contribution >= 0.6 is 0 Å². The quantitative estimate of drug-likeness (QED) is 0.0386. The van der Waals surface area contributed by atoms with Crippen molar-refractivity contribution in [2.75, 3.05) is 6.54 Å². The molecule has 0 aliphatic heterocycles. The van der Waals surface area contributed by atoms with Crippen molar-refractivity contribution >= 4 is 17.8 Å². The van der Waals surface area contributed by atoms with Gasteiger partial charge in [-0.25, -0.2) is 0 Å². The van der Waals surface area contributed by atoms with Gasteiger partial charge in [-0.2, -0.15) is 0 Å². The maximum absolute atomic E-state index is 12.6. The van der Waals surface area contributed by atoms with Crippen molar-refractivity contribution in [3.8, 4) is 0 Å². The number of allylic oxidation sites excluding steroid dienone is 9. The number of carboxylic acid groups (broad SMARTS) is 1. The van der Waals surface area contributed by atoms with Crippen molar-refractivity contribution in [1.82, 2.24) is 5.32 Å². The van der Waals surface area contributed by atoms with Crippen LogP contribution in [0.25, 0.3) is 0 Å². The van der Waals surface area contributed by atoms with Crippen molar-refractivity contribution in [1.29, 1.82) is 0 Å². The first-order valence-corrected chi connectivity index (χ1v) is 20.4. The molecule has 0 aromatic heterocycles. The summed E-state index contributed by atoms with van der Waals surface area (Å²) >= 11 is 0. The topological polar surface area (TPSA) is 92.7 Å². The summed E-state index contributed by atoms with van der Waals surface area (Å²) in [6.45, 7) is 4.14. The van der Waals surface area contributed by atoms with Crippen LogP contribution in [0.1, 0.15) is 187 Å². The summed E-state index contributed by atoms with van der Waals surface area (Å²) in [4.78, 5) is 34.9. The lowest BCUT2D eigenvalue weighted by molar-refractivity contribution is -0.147. The van der Waals surface area contributed by atoms with Crippen molar-refractivity contribution in [3.63, 3.8) is 0 Å². The first-order valence-electron chi connectivity index (χ1n) is 20.4. The normalized spacial score (nSPS) is 12.7. The number of carbonyl (C=O) groups excluding carboxylic acids is 2. The maximum atomic E-state index is 12.6. The summed E-state index contributed by atoms with van der Waals surface area (Å²) in [6, 6.07) is 0. The van der Waals surface area contributed by atoms with Crippen LogP contribution in [0, 0.1) is 0 Å². The van der Waals surface area contributed by atoms with E-state index in [1.807, 2.05) is 6.08 Å². The molecular formula is C44H75NO5. The molecule has 0 fully saturated rings. The first kappa shape index (κ1) is 47.1. The predicted octanol–water partition coefficient (Wildman–Crippen LogP) is 12.5. The number of ether oxygens (including phenoxy) is 1. The zero-order valence-corrected chi connectivity index (χ0v) is 32.2. The van der Waals surface area contributed by atoms with E-state index in [1.54, 1.807) is 0 Å². The molecule has 0 aromatic rings. The van der Waals surface area contributed by atoms with Crippen LogP contribution in [0.5, 0.6) is 0 Å². The van der Waals surface area contributed by atoms with Gasteiger partial charge in [0.1, 0.15) is 12.6 Å². The van der Waals surface area contributed by atoms with Gasteiger partial charge in [-0.15, -0.1) is 0 Å². The zero-order chi connectivity index (χ0) is 36.6. The molecule has 0 saturated heterocycles. The average Bonchev–Trinajstić information content (AvgIpc) is 3.10. The van der Waals surface area contributed by atoms with Crippen LogP contribution < -0.4 is 5.32 Å². The average molecular weight is 698 g/mol. The van der Waals surface area contributed by atoms with Gasteiger partial charge >= 0.3 is 11.9 Å². The minimum atomic E-state index is -1.03. The van der Waals surface area contributed by atoms with Crippen LogP contribution in [0.3, 0.4) is 0 Å². The number of amides is 1. The summed E-state index contributed by atoms with van der Waals surface area (Å²) in [5.41, 5.74) is 0. The largest absolute Gasteiger partial charge is 0.480 e. The van der Waals surface area contributed by atoms with Gasteiger partial charge in [-0.05, 0) is 89.5 Å². The summed E-state index contributed by atoms with van der Waals surface area (Å²) in [6.07, 6.45) is 50.7. The number of carbonyl (C=O) groups is 3. The van der Waals surface area contributed by atoms with Gasteiger partial charge in [0.25, 0.3) is 0 Å². The van der Waals surface area contributed by atoms with E-state index in [0.717, 1.165) is 83.5 Å². The predicted molar refractivity (Wildman–Crippen MR) is 212 cm³/mol. The fourth-order valence-corrected chi connectivity index (χ4v) is 5.59. The standard InChI is InChI=1S/C44H75NO5/c1-3-5-7-9-11-13-14-15-16-17-18-19-20-21-22-23-24-25-27-29-35-39-44(49)50-41(36-32-28-26-12-10-8-6-4-2)37-33-30-31-34-38-42(46)45-40-43(47)48/h12,14-15,17-18,20-21,26,32,36,41H,3-11,13,16,19,22-25,27-31,33-35,37-40H2,1-2H3,(H,45,46)(H,47,48)/b15-14-,18-17-,21-20-,26-12-,36-32-. The molecule has 0 rings (SSSR count). The molecule has 1 atom stereocenters. The van der Waals surface area contributed by atoms with E-state index >= 15 is 0 Å². The Morgan fingerprint density at radius 1 is 0.540 bits per heavy atom. The third-order valence-corrected chi connectivity index (χ3v) is 8.65. The second kappa shape index (κ2) is 38.9. The summed E-state index contributed by atoms with van der Waals surface area (Å²) in [7, 11) is 0. The Balaban J connectivity index is 4.11. The van der Waals surface area contributed by atoms with Gasteiger partial charge in [0.15, 0.2) is 0 Å². The Bertz CT molecular complexity index is 948. The fraction of sp³-hybridized carbons (Fsp3) is 0.705. The Labute approximate surface area is 307 Å². The minimum absolute atomic E-state index is 0.113. The Morgan fingerprint density at radius 3 is 1.56 bits per heavy atom. The number of carboxylic acids is 1. The maximum Gasteiger partial charge on any atom is 0.322 e. The van der Waals surface area contributed by atoms with E-state index < -0.39 is 5.97 Å². The molecule has 286 valence electrons. The molecule has 50 heavy (non-hydrogen) atoms. The van der Waals surface area contributed by atoms with Crippen molar-refractivity contribution < 1.29 is 24.2 Å². The van der Waals surface area contributed by atoms with Crippen molar-refractivity contribution in [3.05, 3.63) is 60.8 Å². The number of unbranched alkanes of at least 4 members (excludes halogenated alkanes) is 17. The first-order chi connectivity index (χ1) is 24.5. The number of rotatable bonds is 36. The van der Waals surface area contributed by atoms with Crippen molar-refractivity contribution in [2.24, 2.45) is 0 Å². The SMILES string of the molecule is CCCCC/C=C\C/C=C\C(CCCCCCC(=O)NCC(=O)O)OC(=O)CCCCCCCC/C=C\C/C=C\C/C=C\CCCCCCC. The van der Waals surface area contributed by atoms with E-state index in [0.29, 0.717) is 12.8 Å². The molecule has 2 N–H and O–H groups in total. The number of hydrogen-bond acceptors (Lipinski definition) is 4. The second-order valence-corrected chi connectivity index (χ2v) is 13.5. The van der Waals surface area contributed by atoms with Gasteiger partial charge in [-0.3, -0.25) is 14.4 Å². The smallest absolute Gasteiger partial charge is 0.322 e. The van der Waals surface area contributed by atoms with Gasteiger partial charge in [0.05, 0.1) is 0 Å². The molecule has 0 aliphatic carbocycles. The van der Waals surface area contributed by atoms with Crippen LogP contribution in [-0.4, -0.2) is 35.6 Å². The number of hydrogen-bond donors (Lipinski definition) is 2. The molecule has 6 nitrogen and oxygen atoms in total. The highest BCUT2D eigenvalue weighted by atomic mass is 16.5. The molecule has 0 aromatic carbocycles. The lowest BCUT2D eigenvalue weighted by atomic mass is 10.1. The Kier molecular flexibility index (Phi) is 36.7. The molecule has 1 amide bonds. The van der Waals surface area contributed by atoms with Crippen LogP contribution in [0.2, 0.25) is 0 Å². The lowest BCUT2D eigenvalue weighted by Gasteiger charge is -2.14. The highest BCUT2D eigenvalue weighted by Crippen LogP contribution is 2.15. The van der Waals surface area contributed by atoms with Crippen LogP contribution in [0.4, 0.5) is 0 Å². The molecule has 0 heterocycles. The highest BCUT2D eigenvalue weighted by molar-refractivity contribution is 5.80. The second-order valence-electron chi connectivity index (χ2n) is 13.5. The van der Waals surface area contributed by atoms with Crippen LogP contribution in [-0.2, 0) is 19.1 Å². The van der Waals surface area contributed by atoms with E-state index in [4.69, 9.17) is 9.84 Å². The molecule has 0 saturated carbocycles. The van der Waals surface area contributed by atoms with Crippen molar-refractivity contribution in [2.45, 2.75) is 193 Å². The van der Waals surface area contributed by atoms with E-state index in [1.165, 1.54) is 77.0 Å². The molecular weight excluding hydrogens is 622 g/mol. The molecule has 1 unspecified atom stereocenters. The molecule has 6 heteroatoms. The third kappa shape index (κ3) is 37.9. The Morgan fingerprint density at radius 2 is 0.980 bits per heavy atom. The molecule has 0 aliphatic rings. The fourth-order valence-electron chi connectivity index (χ4n) is 5.59. The van der Waals surface area contributed by atoms with E-state index in [-0.39, 0.29) is 24.5 Å². The zero-order valence-electron chi connectivity index (χ0n) is 32.2. The monoisotopic (exact) mass is 698 g/mol. The molecule has 0 radical (unpaired) electrons. The summed E-state index contributed by atoms with van der Waals surface area (Å²) in [5.74, 6) is -1.37. The summed E-state index contributed by atoms with van der Waals surface area (Å²) < 4.78 is 5.87. The lowest BCUT2D eigenvalue weighted by Crippen LogP contribution is -2.28. The highest BCUT2D eigenvalue weighted by Gasteiger charge is 2.11. The molecule has 0 spiro atoms. The van der Waals surface area contributed by atoms with E-state index in [2.05, 4.69) is 73.8 Å². The van der Waals surface area contributed by atoms with Gasteiger partial charge in [-0.1, -0.05) is 146 Å². The molecule has 0 bridgehead atoms. The number of nitrogens with one attached hydrogen (secondary N) is 1.